The van der Waals surface area contributed by atoms with Crippen molar-refractivity contribution in [1.29, 1.82) is 0 Å². The Labute approximate surface area is 97.9 Å². The van der Waals surface area contributed by atoms with Gasteiger partial charge >= 0.3 is 5.97 Å². The van der Waals surface area contributed by atoms with E-state index in [1.165, 1.54) is 0 Å². The minimum atomic E-state index is -0.437. The van der Waals surface area contributed by atoms with E-state index in [1.54, 1.807) is 25.1 Å². The van der Waals surface area contributed by atoms with E-state index in [9.17, 15) is 4.79 Å². The van der Waals surface area contributed by atoms with E-state index >= 15 is 0 Å². The van der Waals surface area contributed by atoms with Crippen LogP contribution in [-0.2, 0) is 9.53 Å². The van der Waals surface area contributed by atoms with Crippen molar-refractivity contribution in [2.24, 2.45) is 0 Å². The van der Waals surface area contributed by atoms with Crippen LogP contribution in [0.3, 0.4) is 0 Å². The molecule has 0 unspecified atom stereocenters. The fourth-order valence-electron chi connectivity index (χ4n) is 0.935. The second-order valence-electron chi connectivity index (χ2n) is 2.65. The van der Waals surface area contributed by atoms with Crippen molar-refractivity contribution in [3.63, 3.8) is 0 Å². The molecule has 0 aromatic heterocycles. The van der Waals surface area contributed by atoms with Crippen LogP contribution in [0.25, 0.3) is 0 Å². The summed E-state index contributed by atoms with van der Waals surface area (Å²) in [6.07, 6.45) is 0. The first kappa shape index (κ1) is 12.1. The summed E-state index contributed by atoms with van der Waals surface area (Å²) in [6.45, 7) is 1.88. The van der Waals surface area contributed by atoms with Crippen LogP contribution in [0, 0.1) is 0 Å². The highest BCUT2D eigenvalue weighted by Crippen LogP contribution is 2.31. The second-order valence-corrected chi connectivity index (χ2v) is 3.43. The number of esters is 1. The first-order valence-electron chi connectivity index (χ1n) is 4.37. The first-order valence-corrected chi connectivity index (χ1v) is 5.13. The maximum Gasteiger partial charge on any atom is 0.344 e. The minimum Gasteiger partial charge on any atom is -0.480 e. The van der Waals surface area contributed by atoms with E-state index in [4.69, 9.17) is 32.7 Å². The van der Waals surface area contributed by atoms with Gasteiger partial charge in [0.25, 0.3) is 0 Å². The average molecular weight is 249 g/mol. The molecule has 0 spiro atoms. The number of carbonyl (C=O) groups excluding carboxylic acids is 1. The van der Waals surface area contributed by atoms with Crippen LogP contribution < -0.4 is 4.74 Å². The van der Waals surface area contributed by atoms with Crippen molar-refractivity contribution in [2.45, 2.75) is 6.92 Å². The minimum absolute atomic E-state index is 0.173. The Morgan fingerprint density at radius 2 is 2.13 bits per heavy atom. The van der Waals surface area contributed by atoms with Crippen molar-refractivity contribution in [1.82, 2.24) is 0 Å². The van der Waals surface area contributed by atoms with E-state index in [2.05, 4.69) is 0 Å². The van der Waals surface area contributed by atoms with Crippen LogP contribution >= 0.6 is 23.2 Å². The van der Waals surface area contributed by atoms with Crippen LogP contribution in [0.4, 0.5) is 0 Å². The van der Waals surface area contributed by atoms with Crippen molar-refractivity contribution in [3.05, 3.63) is 28.2 Å². The van der Waals surface area contributed by atoms with E-state index < -0.39 is 5.97 Å². The molecule has 0 N–H and O–H groups in total. The number of benzene rings is 1. The average Bonchev–Trinajstić information content (AvgIpc) is 2.21. The molecule has 0 bridgehead atoms. The number of halogens is 2. The molecular formula is C10H10Cl2O3. The van der Waals surface area contributed by atoms with E-state index in [1.807, 2.05) is 0 Å². The summed E-state index contributed by atoms with van der Waals surface area (Å²) in [5, 5.41) is 0.682. The van der Waals surface area contributed by atoms with Crippen molar-refractivity contribution in [3.8, 4) is 5.75 Å². The molecule has 0 fully saturated rings. The molecule has 3 nitrogen and oxygen atoms in total. The van der Waals surface area contributed by atoms with Crippen molar-refractivity contribution < 1.29 is 14.3 Å². The summed E-state index contributed by atoms with van der Waals surface area (Å²) in [5.74, 6) is -0.0641. The highest BCUT2D eigenvalue weighted by atomic mass is 35.5. The summed E-state index contributed by atoms with van der Waals surface area (Å²) in [7, 11) is 0. The number of hydrogen-bond donors (Lipinski definition) is 0. The van der Waals surface area contributed by atoms with Gasteiger partial charge in [0.1, 0.15) is 10.8 Å². The topological polar surface area (TPSA) is 35.5 Å². The van der Waals surface area contributed by atoms with Gasteiger partial charge in [-0.05, 0) is 19.1 Å². The van der Waals surface area contributed by atoms with E-state index in [0.29, 0.717) is 22.4 Å². The number of ether oxygens (including phenoxy) is 2. The molecule has 0 saturated heterocycles. The third-order valence-electron chi connectivity index (χ3n) is 1.57. The normalized spacial score (nSPS) is 9.80. The zero-order valence-electron chi connectivity index (χ0n) is 8.13. The number of carbonyl (C=O) groups is 1. The lowest BCUT2D eigenvalue weighted by Gasteiger charge is -2.07. The Balaban J connectivity index is 2.58. The van der Waals surface area contributed by atoms with Crippen LogP contribution in [0.15, 0.2) is 18.2 Å². The first-order chi connectivity index (χ1) is 7.15. The summed E-state index contributed by atoms with van der Waals surface area (Å²) < 4.78 is 9.83. The molecule has 82 valence electrons. The van der Waals surface area contributed by atoms with Gasteiger partial charge in [-0.3, -0.25) is 0 Å². The molecule has 1 aromatic carbocycles. The van der Waals surface area contributed by atoms with Crippen LogP contribution in [0.1, 0.15) is 6.92 Å². The lowest BCUT2D eigenvalue weighted by molar-refractivity contribution is -0.145. The summed E-state index contributed by atoms with van der Waals surface area (Å²) in [4.78, 5) is 11.0. The van der Waals surface area contributed by atoms with Gasteiger partial charge in [0.05, 0.1) is 11.6 Å². The van der Waals surface area contributed by atoms with E-state index in [-0.39, 0.29) is 6.61 Å². The molecular weight excluding hydrogens is 239 g/mol. The molecule has 0 saturated carbocycles. The quantitative estimate of drug-likeness (QED) is 0.769. The lowest BCUT2D eigenvalue weighted by Crippen LogP contribution is -2.14. The molecule has 15 heavy (non-hydrogen) atoms. The van der Waals surface area contributed by atoms with Crippen LogP contribution in [-0.4, -0.2) is 19.2 Å². The molecule has 1 rings (SSSR count). The van der Waals surface area contributed by atoms with Gasteiger partial charge in [0.15, 0.2) is 6.61 Å². The molecule has 0 radical (unpaired) electrons. The molecule has 5 heteroatoms. The predicted molar refractivity (Wildman–Crippen MR) is 58.6 cm³/mol. The second kappa shape index (κ2) is 5.83. The SMILES string of the molecule is CCOC(=O)COc1cccc(Cl)c1Cl. The molecule has 0 aliphatic heterocycles. The van der Waals surface area contributed by atoms with Gasteiger partial charge in [0, 0.05) is 0 Å². The molecule has 0 aliphatic carbocycles. The molecule has 0 amide bonds. The highest BCUT2D eigenvalue weighted by molar-refractivity contribution is 6.42. The van der Waals surface area contributed by atoms with Gasteiger partial charge in [-0.1, -0.05) is 29.3 Å². The maximum atomic E-state index is 11.0. The van der Waals surface area contributed by atoms with Gasteiger partial charge in [0.2, 0.25) is 0 Å². The third kappa shape index (κ3) is 3.61. The standard InChI is InChI=1S/C10H10Cl2O3/c1-2-14-9(13)6-15-8-5-3-4-7(11)10(8)12/h3-5H,2,6H2,1H3. The Kier molecular flexibility index (Phi) is 4.72. The van der Waals surface area contributed by atoms with Crippen LogP contribution in [0.5, 0.6) is 5.75 Å². The maximum absolute atomic E-state index is 11.0. The monoisotopic (exact) mass is 248 g/mol. The van der Waals surface area contributed by atoms with Crippen LogP contribution in [0.2, 0.25) is 10.0 Å². The summed E-state index contributed by atoms with van der Waals surface area (Å²) in [5.41, 5.74) is 0. The molecule has 0 heterocycles. The zero-order valence-corrected chi connectivity index (χ0v) is 9.64. The third-order valence-corrected chi connectivity index (χ3v) is 2.37. The van der Waals surface area contributed by atoms with Crippen molar-refractivity contribution in [2.75, 3.05) is 13.2 Å². The zero-order chi connectivity index (χ0) is 11.3. The summed E-state index contributed by atoms with van der Waals surface area (Å²) in [6, 6.07) is 4.96. The Hall–Kier alpha value is -0.930. The predicted octanol–water partition coefficient (Wildman–Crippen LogP) is 2.94. The number of hydrogen-bond acceptors (Lipinski definition) is 3. The summed E-state index contributed by atoms with van der Waals surface area (Å²) >= 11 is 11.6. The Morgan fingerprint density at radius 1 is 1.40 bits per heavy atom. The fourth-order valence-corrected chi connectivity index (χ4v) is 1.28. The molecule has 1 aromatic rings. The van der Waals surface area contributed by atoms with Gasteiger partial charge in [-0.2, -0.15) is 0 Å². The smallest absolute Gasteiger partial charge is 0.344 e. The van der Waals surface area contributed by atoms with Crippen molar-refractivity contribution >= 4 is 29.2 Å². The van der Waals surface area contributed by atoms with Gasteiger partial charge < -0.3 is 9.47 Å². The highest BCUT2D eigenvalue weighted by Gasteiger charge is 2.08. The molecule has 0 aliphatic rings. The van der Waals surface area contributed by atoms with Gasteiger partial charge in [-0.15, -0.1) is 0 Å². The van der Waals surface area contributed by atoms with E-state index in [0.717, 1.165) is 0 Å². The van der Waals surface area contributed by atoms with Gasteiger partial charge in [-0.25, -0.2) is 4.79 Å². The lowest BCUT2D eigenvalue weighted by atomic mass is 10.3. The molecule has 0 atom stereocenters. The fraction of sp³-hybridized carbons (Fsp3) is 0.300. The largest absolute Gasteiger partial charge is 0.480 e. The number of rotatable bonds is 4. The Morgan fingerprint density at radius 3 is 2.80 bits per heavy atom. The Bertz CT molecular complexity index is 353.